The van der Waals surface area contributed by atoms with Gasteiger partial charge in [0.05, 0.1) is 25.2 Å². The highest BCUT2D eigenvalue weighted by Crippen LogP contribution is 2.43. The van der Waals surface area contributed by atoms with E-state index in [2.05, 4.69) is 0 Å². The summed E-state index contributed by atoms with van der Waals surface area (Å²) in [7, 11) is 1.44. The molecule has 1 aliphatic carbocycles. The molecule has 0 aromatic heterocycles. The molecule has 3 heteroatoms. The van der Waals surface area contributed by atoms with Crippen LogP contribution in [0.4, 0.5) is 0 Å². The first-order valence-corrected chi connectivity index (χ1v) is 5.88. The zero-order valence-corrected chi connectivity index (χ0v) is 10.3. The third kappa shape index (κ3) is 2.67. The van der Waals surface area contributed by atoms with Gasteiger partial charge in [0.15, 0.2) is 0 Å². The predicted molar refractivity (Wildman–Crippen MR) is 64.4 cm³/mol. The second-order valence-corrected chi connectivity index (χ2v) is 4.88. The van der Waals surface area contributed by atoms with Crippen LogP contribution in [0.2, 0.25) is 0 Å². The van der Waals surface area contributed by atoms with Crippen molar-refractivity contribution in [3.05, 3.63) is 35.9 Å². The van der Waals surface area contributed by atoms with Gasteiger partial charge < -0.3 is 9.47 Å². The van der Waals surface area contributed by atoms with Crippen molar-refractivity contribution >= 4 is 5.97 Å². The van der Waals surface area contributed by atoms with Crippen LogP contribution in [0.3, 0.4) is 0 Å². The second-order valence-electron chi connectivity index (χ2n) is 4.88. The summed E-state index contributed by atoms with van der Waals surface area (Å²) in [5, 5.41) is 0. The molecule has 0 aliphatic heterocycles. The minimum atomic E-state index is -0.337. The van der Waals surface area contributed by atoms with Crippen molar-refractivity contribution < 1.29 is 14.3 Å². The molecular weight excluding hydrogens is 216 g/mol. The number of benzene rings is 1. The van der Waals surface area contributed by atoms with Crippen LogP contribution < -0.4 is 0 Å². The van der Waals surface area contributed by atoms with Gasteiger partial charge in [-0.1, -0.05) is 30.3 Å². The van der Waals surface area contributed by atoms with Gasteiger partial charge in [0, 0.05) is 0 Å². The lowest BCUT2D eigenvalue weighted by molar-refractivity contribution is -0.169. The molecule has 0 unspecified atom stereocenters. The average molecular weight is 234 g/mol. The summed E-state index contributed by atoms with van der Waals surface area (Å²) in [6, 6.07) is 10.1. The maximum absolute atomic E-state index is 11.5. The van der Waals surface area contributed by atoms with Gasteiger partial charge >= 0.3 is 5.97 Å². The van der Waals surface area contributed by atoms with Crippen LogP contribution >= 0.6 is 0 Å². The van der Waals surface area contributed by atoms with E-state index < -0.39 is 0 Å². The Hall–Kier alpha value is -1.35. The largest absolute Gasteiger partial charge is 0.469 e. The molecule has 0 bridgehead atoms. The van der Waals surface area contributed by atoms with Crippen molar-refractivity contribution in [2.45, 2.75) is 32.5 Å². The fourth-order valence-electron chi connectivity index (χ4n) is 2.26. The molecule has 1 aromatic rings. The third-order valence-electron chi connectivity index (χ3n) is 3.36. The van der Waals surface area contributed by atoms with Crippen molar-refractivity contribution in [2.24, 2.45) is 5.41 Å². The number of hydrogen-bond donors (Lipinski definition) is 0. The zero-order chi connectivity index (χ0) is 12.3. The van der Waals surface area contributed by atoms with E-state index in [4.69, 9.17) is 9.47 Å². The first-order chi connectivity index (χ1) is 8.14. The quantitative estimate of drug-likeness (QED) is 0.751. The first-order valence-electron chi connectivity index (χ1n) is 5.88. The fraction of sp³-hybridized carbons (Fsp3) is 0.500. The standard InChI is InChI=1S/C14H18O3/c1-14(13(15)16-2)8-12(9-14)17-10-11-6-4-3-5-7-11/h3-7,12H,8-10H2,1-2H3. The number of rotatable bonds is 4. The molecule has 0 heterocycles. The molecule has 1 aromatic carbocycles. The predicted octanol–water partition coefficient (Wildman–Crippen LogP) is 2.54. The highest BCUT2D eigenvalue weighted by Gasteiger charge is 2.47. The fourth-order valence-corrected chi connectivity index (χ4v) is 2.26. The molecule has 1 aliphatic rings. The molecule has 2 rings (SSSR count). The van der Waals surface area contributed by atoms with Crippen LogP contribution in [0.15, 0.2) is 30.3 Å². The molecule has 92 valence electrons. The van der Waals surface area contributed by atoms with E-state index in [1.807, 2.05) is 37.3 Å². The number of hydrogen-bond acceptors (Lipinski definition) is 3. The van der Waals surface area contributed by atoms with Crippen molar-refractivity contribution in [1.82, 2.24) is 0 Å². The highest BCUT2D eigenvalue weighted by atomic mass is 16.5. The Labute approximate surface area is 102 Å². The lowest BCUT2D eigenvalue weighted by atomic mass is 9.68. The van der Waals surface area contributed by atoms with E-state index in [0.29, 0.717) is 6.61 Å². The molecule has 0 spiro atoms. The van der Waals surface area contributed by atoms with Crippen LogP contribution in [0.1, 0.15) is 25.3 Å². The number of methoxy groups -OCH3 is 1. The summed E-state index contributed by atoms with van der Waals surface area (Å²) in [6.45, 7) is 2.55. The second kappa shape index (κ2) is 4.88. The molecule has 17 heavy (non-hydrogen) atoms. The minimum absolute atomic E-state index is 0.128. The molecule has 0 N–H and O–H groups in total. The highest BCUT2D eigenvalue weighted by molar-refractivity contribution is 5.77. The van der Waals surface area contributed by atoms with E-state index in [0.717, 1.165) is 12.8 Å². The van der Waals surface area contributed by atoms with E-state index >= 15 is 0 Å². The summed E-state index contributed by atoms with van der Waals surface area (Å²) in [4.78, 5) is 11.5. The van der Waals surface area contributed by atoms with Crippen LogP contribution in [-0.2, 0) is 20.9 Å². The van der Waals surface area contributed by atoms with Gasteiger partial charge in [-0.25, -0.2) is 0 Å². The topological polar surface area (TPSA) is 35.5 Å². The van der Waals surface area contributed by atoms with Crippen molar-refractivity contribution in [1.29, 1.82) is 0 Å². The van der Waals surface area contributed by atoms with Gasteiger partial charge in [0.2, 0.25) is 0 Å². The minimum Gasteiger partial charge on any atom is -0.469 e. The van der Waals surface area contributed by atoms with Gasteiger partial charge in [0.1, 0.15) is 0 Å². The molecular formula is C14H18O3. The molecule has 3 nitrogen and oxygen atoms in total. The Kier molecular flexibility index (Phi) is 3.48. The van der Waals surface area contributed by atoms with E-state index in [-0.39, 0.29) is 17.5 Å². The maximum Gasteiger partial charge on any atom is 0.311 e. The number of carbonyl (C=O) groups is 1. The zero-order valence-electron chi connectivity index (χ0n) is 10.3. The summed E-state index contributed by atoms with van der Waals surface area (Å²) in [5.74, 6) is -0.128. The van der Waals surface area contributed by atoms with E-state index in [9.17, 15) is 4.79 Å². The number of ether oxygens (including phenoxy) is 2. The van der Waals surface area contributed by atoms with Gasteiger partial charge in [0.25, 0.3) is 0 Å². The average Bonchev–Trinajstić information content (AvgIpc) is 2.33. The van der Waals surface area contributed by atoms with Crippen molar-refractivity contribution in [3.8, 4) is 0 Å². The molecule has 0 atom stereocenters. The van der Waals surface area contributed by atoms with Crippen molar-refractivity contribution in [3.63, 3.8) is 0 Å². The Morgan fingerprint density at radius 2 is 2.00 bits per heavy atom. The summed E-state index contributed by atoms with van der Waals surface area (Å²) >= 11 is 0. The van der Waals surface area contributed by atoms with Crippen molar-refractivity contribution in [2.75, 3.05) is 7.11 Å². The Bertz CT molecular complexity index is 380. The van der Waals surface area contributed by atoms with Crippen LogP contribution in [0.5, 0.6) is 0 Å². The van der Waals surface area contributed by atoms with Gasteiger partial charge in [-0.2, -0.15) is 0 Å². The van der Waals surface area contributed by atoms with Crippen LogP contribution in [-0.4, -0.2) is 19.2 Å². The molecule has 0 radical (unpaired) electrons. The van der Waals surface area contributed by atoms with Gasteiger partial charge in [-0.15, -0.1) is 0 Å². The van der Waals surface area contributed by atoms with Gasteiger partial charge in [-0.05, 0) is 25.3 Å². The SMILES string of the molecule is COC(=O)C1(C)CC(OCc2ccccc2)C1. The first kappa shape index (κ1) is 12.1. The molecule has 0 saturated heterocycles. The van der Waals surface area contributed by atoms with E-state index in [1.165, 1.54) is 12.7 Å². The monoisotopic (exact) mass is 234 g/mol. The van der Waals surface area contributed by atoms with E-state index in [1.54, 1.807) is 0 Å². The summed E-state index contributed by atoms with van der Waals surface area (Å²) in [5.41, 5.74) is 0.829. The normalized spacial score (nSPS) is 27.3. The smallest absolute Gasteiger partial charge is 0.311 e. The lowest BCUT2D eigenvalue weighted by Gasteiger charge is -2.42. The number of esters is 1. The summed E-state index contributed by atoms with van der Waals surface area (Å²) < 4.78 is 10.5. The molecule has 0 amide bonds. The Balaban J connectivity index is 1.76. The summed E-state index contributed by atoms with van der Waals surface area (Å²) in [6.07, 6.45) is 1.69. The van der Waals surface area contributed by atoms with Crippen LogP contribution in [0.25, 0.3) is 0 Å². The maximum atomic E-state index is 11.5. The van der Waals surface area contributed by atoms with Crippen LogP contribution in [0, 0.1) is 5.41 Å². The lowest BCUT2D eigenvalue weighted by Crippen LogP contribution is -2.46. The Morgan fingerprint density at radius 3 is 2.59 bits per heavy atom. The Morgan fingerprint density at radius 1 is 1.35 bits per heavy atom. The number of carbonyl (C=O) groups excluding carboxylic acids is 1. The molecule has 1 fully saturated rings. The molecule has 1 saturated carbocycles. The van der Waals surface area contributed by atoms with Gasteiger partial charge in [-0.3, -0.25) is 4.79 Å². The third-order valence-corrected chi connectivity index (χ3v) is 3.36.